The van der Waals surface area contributed by atoms with Gasteiger partial charge >= 0.3 is 6.18 Å². The summed E-state index contributed by atoms with van der Waals surface area (Å²) in [6.45, 7) is 0. The molecule has 0 aliphatic rings. The van der Waals surface area contributed by atoms with Gasteiger partial charge in [0, 0.05) is 29.3 Å². The molecule has 0 aliphatic heterocycles. The first-order valence-corrected chi connectivity index (χ1v) is 5.58. The second-order valence-electron chi connectivity index (χ2n) is 3.63. The summed E-state index contributed by atoms with van der Waals surface area (Å²) < 4.78 is 36.6. The van der Waals surface area contributed by atoms with Gasteiger partial charge in [0.15, 0.2) is 0 Å². The topological polar surface area (TPSA) is 38.9 Å². The minimum Gasteiger partial charge on any atom is -0.327 e. The fraction of sp³-hybridized carbons (Fsp3) is 0.500. The lowest BCUT2D eigenvalue weighted by atomic mass is 10.0. The van der Waals surface area contributed by atoms with Crippen LogP contribution in [-0.2, 0) is 6.42 Å². The number of halogens is 4. The molecule has 1 atom stereocenters. The third-order valence-electron chi connectivity index (χ3n) is 2.06. The number of alkyl halides is 3. The maximum atomic E-state index is 11.9. The molecule has 0 radical (unpaired) electrons. The molecule has 1 aromatic heterocycles. The molecule has 0 saturated heterocycles. The lowest BCUT2D eigenvalue weighted by Crippen LogP contribution is -2.25. The van der Waals surface area contributed by atoms with Gasteiger partial charge in [-0.05, 0) is 40.4 Å². The number of rotatable bonds is 4. The van der Waals surface area contributed by atoms with Gasteiger partial charge in [-0.15, -0.1) is 0 Å². The van der Waals surface area contributed by atoms with Crippen LogP contribution in [-0.4, -0.2) is 17.2 Å². The molecular weight excluding hydrogens is 285 g/mol. The Balaban J connectivity index is 2.43. The van der Waals surface area contributed by atoms with E-state index >= 15 is 0 Å². The van der Waals surface area contributed by atoms with Crippen LogP contribution >= 0.6 is 15.9 Å². The first-order chi connectivity index (χ1) is 7.37. The van der Waals surface area contributed by atoms with Gasteiger partial charge in [-0.1, -0.05) is 0 Å². The van der Waals surface area contributed by atoms with Gasteiger partial charge in [-0.3, -0.25) is 4.98 Å². The number of nitrogens with zero attached hydrogens (tertiary/aromatic N) is 1. The fourth-order valence-electron chi connectivity index (χ4n) is 1.32. The number of nitrogens with two attached hydrogens (primary N) is 1. The molecular formula is C10H12BrF3N2. The fourth-order valence-corrected chi connectivity index (χ4v) is 1.73. The van der Waals surface area contributed by atoms with E-state index in [9.17, 15) is 13.2 Å². The quantitative estimate of drug-likeness (QED) is 0.927. The van der Waals surface area contributed by atoms with Gasteiger partial charge in [0.05, 0.1) is 0 Å². The highest BCUT2D eigenvalue weighted by Gasteiger charge is 2.27. The van der Waals surface area contributed by atoms with Crippen LogP contribution in [0.25, 0.3) is 0 Å². The second-order valence-corrected chi connectivity index (χ2v) is 4.55. The number of hydrogen-bond donors (Lipinski definition) is 1. The zero-order valence-electron chi connectivity index (χ0n) is 8.47. The van der Waals surface area contributed by atoms with Crippen LogP contribution in [0.15, 0.2) is 22.9 Å². The Morgan fingerprint density at radius 3 is 2.62 bits per heavy atom. The Morgan fingerprint density at radius 1 is 1.38 bits per heavy atom. The maximum Gasteiger partial charge on any atom is 0.389 e. The smallest absolute Gasteiger partial charge is 0.327 e. The third-order valence-corrected chi connectivity index (χ3v) is 2.49. The molecule has 0 amide bonds. The highest BCUT2D eigenvalue weighted by molar-refractivity contribution is 9.10. The van der Waals surface area contributed by atoms with Crippen molar-refractivity contribution in [1.82, 2.24) is 4.98 Å². The molecule has 1 rings (SSSR count). The SMILES string of the molecule is NC(CCC(F)(F)F)Cc1cncc(Br)c1. The minimum atomic E-state index is -4.13. The minimum absolute atomic E-state index is 0.0595. The van der Waals surface area contributed by atoms with E-state index in [0.717, 1.165) is 10.0 Å². The molecule has 16 heavy (non-hydrogen) atoms. The van der Waals surface area contributed by atoms with Crippen molar-refractivity contribution in [2.75, 3.05) is 0 Å². The van der Waals surface area contributed by atoms with E-state index in [1.165, 1.54) is 0 Å². The van der Waals surface area contributed by atoms with Gasteiger partial charge in [-0.2, -0.15) is 13.2 Å². The van der Waals surface area contributed by atoms with Crippen LogP contribution in [0.1, 0.15) is 18.4 Å². The van der Waals surface area contributed by atoms with E-state index in [4.69, 9.17) is 5.73 Å². The Labute approximate surface area is 100 Å². The lowest BCUT2D eigenvalue weighted by molar-refractivity contribution is -0.136. The second kappa shape index (κ2) is 5.63. The number of pyridine rings is 1. The Kier molecular flexibility index (Phi) is 4.73. The van der Waals surface area contributed by atoms with Crippen molar-refractivity contribution >= 4 is 15.9 Å². The molecule has 0 saturated carbocycles. The first-order valence-electron chi connectivity index (χ1n) is 4.78. The standard InChI is InChI=1S/C10H12BrF3N2/c11-8-3-7(5-16-6-8)4-9(15)1-2-10(12,13)14/h3,5-6,9H,1-2,4,15H2. The van der Waals surface area contributed by atoms with Crippen molar-refractivity contribution in [2.45, 2.75) is 31.5 Å². The van der Waals surface area contributed by atoms with E-state index in [-0.39, 0.29) is 6.42 Å². The average molecular weight is 297 g/mol. The van der Waals surface area contributed by atoms with Crippen molar-refractivity contribution in [3.8, 4) is 0 Å². The summed E-state index contributed by atoms with van der Waals surface area (Å²) in [4.78, 5) is 3.92. The van der Waals surface area contributed by atoms with E-state index < -0.39 is 18.6 Å². The zero-order valence-corrected chi connectivity index (χ0v) is 10.1. The van der Waals surface area contributed by atoms with E-state index in [1.807, 2.05) is 0 Å². The van der Waals surface area contributed by atoms with Gasteiger partial charge in [0.1, 0.15) is 0 Å². The first kappa shape index (κ1) is 13.4. The molecule has 0 aromatic carbocycles. The van der Waals surface area contributed by atoms with Crippen molar-refractivity contribution in [1.29, 1.82) is 0 Å². The Morgan fingerprint density at radius 2 is 2.06 bits per heavy atom. The van der Waals surface area contributed by atoms with E-state index in [1.54, 1.807) is 18.5 Å². The van der Waals surface area contributed by atoms with Crippen LogP contribution in [0.2, 0.25) is 0 Å². The predicted molar refractivity (Wildman–Crippen MR) is 58.9 cm³/mol. The molecule has 90 valence electrons. The van der Waals surface area contributed by atoms with E-state index in [2.05, 4.69) is 20.9 Å². The summed E-state index contributed by atoms with van der Waals surface area (Å²) >= 11 is 3.24. The summed E-state index contributed by atoms with van der Waals surface area (Å²) in [7, 11) is 0. The van der Waals surface area contributed by atoms with Crippen LogP contribution < -0.4 is 5.73 Å². The Hall–Kier alpha value is -0.620. The molecule has 1 unspecified atom stereocenters. The molecule has 0 aliphatic carbocycles. The number of aromatic nitrogens is 1. The molecule has 6 heteroatoms. The normalized spacial score (nSPS) is 13.8. The highest BCUT2D eigenvalue weighted by atomic mass is 79.9. The monoisotopic (exact) mass is 296 g/mol. The molecule has 0 bridgehead atoms. The molecule has 0 spiro atoms. The van der Waals surface area contributed by atoms with Crippen molar-refractivity contribution in [2.24, 2.45) is 5.73 Å². The van der Waals surface area contributed by atoms with Gasteiger partial charge in [0.25, 0.3) is 0 Å². The van der Waals surface area contributed by atoms with Crippen LogP contribution in [0, 0.1) is 0 Å². The summed E-state index contributed by atoms with van der Waals surface area (Å²) in [6.07, 6.45) is -1.40. The summed E-state index contributed by atoms with van der Waals surface area (Å²) in [5.74, 6) is 0. The predicted octanol–water partition coefficient (Wildman–Crippen LogP) is 3.06. The molecule has 1 aromatic rings. The number of hydrogen-bond acceptors (Lipinski definition) is 2. The maximum absolute atomic E-state index is 11.9. The van der Waals surface area contributed by atoms with E-state index in [0.29, 0.717) is 6.42 Å². The molecule has 0 fully saturated rings. The molecule has 2 N–H and O–H groups in total. The highest BCUT2D eigenvalue weighted by Crippen LogP contribution is 2.22. The van der Waals surface area contributed by atoms with Crippen molar-refractivity contribution < 1.29 is 13.2 Å². The Bertz CT molecular complexity index is 341. The lowest BCUT2D eigenvalue weighted by Gasteiger charge is -2.13. The van der Waals surface area contributed by atoms with Gasteiger partial charge in [-0.25, -0.2) is 0 Å². The van der Waals surface area contributed by atoms with Crippen LogP contribution in [0.5, 0.6) is 0 Å². The summed E-state index contributed by atoms with van der Waals surface area (Å²) in [5, 5.41) is 0. The molecule has 2 nitrogen and oxygen atoms in total. The van der Waals surface area contributed by atoms with Crippen molar-refractivity contribution in [3.63, 3.8) is 0 Å². The van der Waals surface area contributed by atoms with Crippen LogP contribution in [0.4, 0.5) is 13.2 Å². The van der Waals surface area contributed by atoms with Gasteiger partial charge < -0.3 is 5.73 Å². The van der Waals surface area contributed by atoms with Gasteiger partial charge in [0.2, 0.25) is 0 Å². The van der Waals surface area contributed by atoms with Crippen LogP contribution in [0.3, 0.4) is 0 Å². The summed E-state index contributed by atoms with van der Waals surface area (Å²) in [6, 6.07) is 1.32. The molecule has 1 heterocycles. The average Bonchev–Trinajstić information content (AvgIpc) is 2.14. The van der Waals surface area contributed by atoms with Crippen molar-refractivity contribution in [3.05, 3.63) is 28.5 Å². The zero-order chi connectivity index (χ0) is 12.2. The largest absolute Gasteiger partial charge is 0.389 e. The third kappa shape index (κ3) is 5.46. The summed E-state index contributed by atoms with van der Waals surface area (Å²) in [5.41, 5.74) is 6.46.